The number of carbonyl (C=O) groups excluding carboxylic acids is 1. The summed E-state index contributed by atoms with van der Waals surface area (Å²) < 4.78 is 0. The monoisotopic (exact) mass is 491 g/mol. The summed E-state index contributed by atoms with van der Waals surface area (Å²) in [6.07, 6.45) is 9.80. The lowest BCUT2D eigenvalue weighted by Gasteiger charge is -2.35. The van der Waals surface area contributed by atoms with E-state index < -0.39 is 0 Å². The van der Waals surface area contributed by atoms with Gasteiger partial charge in [0.2, 0.25) is 5.95 Å². The normalized spacial score (nSPS) is 17.4. The van der Waals surface area contributed by atoms with Crippen molar-refractivity contribution in [3.8, 4) is 0 Å². The molecule has 0 saturated carbocycles. The fraction of sp³-hybridized carbons (Fsp3) is 0.538. The van der Waals surface area contributed by atoms with Crippen molar-refractivity contribution in [3.63, 3.8) is 0 Å². The van der Waals surface area contributed by atoms with Gasteiger partial charge in [-0.3, -0.25) is 14.6 Å². The number of nitrogens with one attached hydrogen (secondary N) is 3. The van der Waals surface area contributed by atoms with Crippen molar-refractivity contribution in [3.05, 3.63) is 36.3 Å². The Hall–Kier alpha value is -3.24. The number of aromatic amines is 1. The molecule has 3 N–H and O–H groups in total. The zero-order valence-electron chi connectivity index (χ0n) is 21.2. The molecule has 0 aliphatic carbocycles. The number of rotatable bonds is 9. The molecule has 0 bridgehead atoms. The second kappa shape index (κ2) is 11.7. The number of unbranched alkanes of at least 4 members (excludes halogenated alkanes) is 1. The summed E-state index contributed by atoms with van der Waals surface area (Å²) in [4.78, 5) is 36.5. The topological polar surface area (TPSA) is 105 Å². The van der Waals surface area contributed by atoms with Crippen LogP contribution in [-0.2, 0) is 0 Å². The average Bonchev–Trinajstić information content (AvgIpc) is 3.36. The number of H-pyrrole nitrogens is 1. The van der Waals surface area contributed by atoms with Gasteiger partial charge in [-0.2, -0.15) is 4.98 Å². The van der Waals surface area contributed by atoms with Crippen LogP contribution in [0.15, 0.2) is 30.6 Å². The number of amides is 1. The Morgan fingerprint density at radius 3 is 2.58 bits per heavy atom. The molecule has 0 spiro atoms. The maximum Gasteiger partial charge on any atom is 0.268 e. The van der Waals surface area contributed by atoms with Crippen LogP contribution in [0.3, 0.4) is 0 Å². The van der Waals surface area contributed by atoms with E-state index in [0.717, 1.165) is 50.3 Å². The first-order valence-corrected chi connectivity index (χ1v) is 13.2. The van der Waals surface area contributed by atoms with E-state index in [-0.39, 0.29) is 5.91 Å². The molecule has 1 amide bonds. The number of nitrogens with zero attached hydrogens (tertiary/aromatic N) is 6. The average molecular weight is 492 g/mol. The summed E-state index contributed by atoms with van der Waals surface area (Å²) in [6, 6.07) is 5.84. The number of aromatic nitrogens is 4. The number of fused-ring (bicyclic) bond motifs is 1. The Labute approximate surface area is 212 Å². The van der Waals surface area contributed by atoms with Crippen LogP contribution in [-0.4, -0.2) is 88.1 Å². The lowest BCUT2D eigenvalue weighted by atomic mass is 10.1. The van der Waals surface area contributed by atoms with Crippen molar-refractivity contribution < 1.29 is 4.79 Å². The van der Waals surface area contributed by atoms with Gasteiger partial charge in [0.1, 0.15) is 17.2 Å². The molecule has 2 aliphatic heterocycles. The fourth-order valence-electron chi connectivity index (χ4n) is 4.87. The molecule has 0 unspecified atom stereocenters. The summed E-state index contributed by atoms with van der Waals surface area (Å²) in [6.45, 7) is 10.3. The van der Waals surface area contributed by atoms with Gasteiger partial charge in [-0.15, -0.1) is 0 Å². The van der Waals surface area contributed by atoms with Crippen LogP contribution in [0.1, 0.15) is 49.5 Å². The van der Waals surface area contributed by atoms with Crippen LogP contribution in [0.2, 0.25) is 0 Å². The van der Waals surface area contributed by atoms with Gasteiger partial charge >= 0.3 is 0 Å². The molecule has 192 valence electrons. The Balaban J connectivity index is 1.16. The smallest absolute Gasteiger partial charge is 0.268 e. The van der Waals surface area contributed by atoms with Crippen LogP contribution in [0.25, 0.3) is 11.0 Å². The van der Waals surface area contributed by atoms with Gasteiger partial charge in [0.05, 0.1) is 18.6 Å². The molecular weight excluding hydrogens is 454 g/mol. The second-order valence-electron chi connectivity index (χ2n) is 9.73. The van der Waals surface area contributed by atoms with Crippen molar-refractivity contribution in [1.29, 1.82) is 0 Å². The molecular formula is C26H37N9O. The van der Waals surface area contributed by atoms with Gasteiger partial charge in [0.25, 0.3) is 5.91 Å². The third-order valence-electron chi connectivity index (χ3n) is 7.08. The highest BCUT2D eigenvalue weighted by Crippen LogP contribution is 2.20. The van der Waals surface area contributed by atoms with E-state index in [2.05, 4.69) is 58.3 Å². The van der Waals surface area contributed by atoms with Crippen LogP contribution < -0.4 is 15.5 Å². The van der Waals surface area contributed by atoms with Gasteiger partial charge < -0.3 is 20.5 Å². The predicted molar refractivity (Wildman–Crippen MR) is 143 cm³/mol. The SMILES string of the molecule is CCCCN1CCN(c2ccc(Nc3ncc4cc(C(=O)NCN5CCCCC5)[nH]c4n3)nc2)CC1. The molecule has 5 rings (SSSR count). The highest BCUT2D eigenvalue weighted by atomic mass is 16.2. The second-order valence-corrected chi connectivity index (χ2v) is 9.73. The maximum atomic E-state index is 12.6. The Morgan fingerprint density at radius 1 is 1.00 bits per heavy atom. The lowest BCUT2D eigenvalue weighted by Crippen LogP contribution is -2.46. The Morgan fingerprint density at radius 2 is 1.83 bits per heavy atom. The Kier molecular flexibility index (Phi) is 7.92. The first-order chi connectivity index (χ1) is 17.7. The minimum atomic E-state index is -0.128. The van der Waals surface area contributed by atoms with E-state index >= 15 is 0 Å². The summed E-state index contributed by atoms with van der Waals surface area (Å²) in [7, 11) is 0. The summed E-state index contributed by atoms with van der Waals surface area (Å²) in [5.74, 6) is 0.997. The molecule has 5 heterocycles. The van der Waals surface area contributed by atoms with E-state index in [1.807, 2.05) is 12.3 Å². The van der Waals surface area contributed by atoms with E-state index in [4.69, 9.17) is 0 Å². The number of likely N-dealkylation sites (tertiary alicyclic amines) is 1. The van der Waals surface area contributed by atoms with Crippen molar-refractivity contribution in [2.75, 3.05) is 62.7 Å². The van der Waals surface area contributed by atoms with Crippen molar-refractivity contribution >= 4 is 34.4 Å². The molecule has 0 radical (unpaired) electrons. The van der Waals surface area contributed by atoms with Gasteiger partial charge in [0, 0.05) is 37.8 Å². The number of anilines is 3. The molecule has 0 atom stereocenters. The highest BCUT2D eigenvalue weighted by Gasteiger charge is 2.17. The van der Waals surface area contributed by atoms with E-state index in [1.165, 1.54) is 38.6 Å². The van der Waals surface area contributed by atoms with Crippen molar-refractivity contribution in [2.45, 2.75) is 39.0 Å². The number of pyridine rings is 1. The zero-order valence-corrected chi connectivity index (χ0v) is 21.2. The van der Waals surface area contributed by atoms with Gasteiger partial charge in [-0.1, -0.05) is 19.8 Å². The summed E-state index contributed by atoms with van der Waals surface area (Å²) in [5, 5.41) is 6.98. The number of hydrogen-bond acceptors (Lipinski definition) is 8. The zero-order chi connectivity index (χ0) is 24.7. The van der Waals surface area contributed by atoms with E-state index in [9.17, 15) is 4.79 Å². The lowest BCUT2D eigenvalue weighted by molar-refractivity contribution is 0.0910. The first kappa shape index (κ1) is 24.5. The largest absolute Gasteiger partial charge is 0.368 e. The number of hydrogen-bond donors (Lipinski definition) is 3. The van der Waals surface area contributed by atoms with Crippen LogP contribution in [0.4, 0.5) is 17.5 Å². The van der Waals surface area contributed by atoms with Crippen molar-refractivity contribution in [2.24, 2.45) is 0 Å². The molecule has 10 heteroatoms. The molecule has 2 aliphatic rings. The maximum absolute atomic E-state index is 12.6. The number of piperazine rings is 1. The fourth-order valence-corrected chi connectivity index (χ4v) is 4.87. The van der Waals surface area contributed by atoms with Crippen LogP contribution in [0, 0.1) is 0 Å². The minimum absolute atomic E-state index is 0.128. The molecule has 3 aromatic rings. The van der Waals surface area contributed by atoms with Gasteiger partial charge in [-0.25, -0.2) is 9.97 Å². The van der Waals surface area contributed by atoms with E-state index in [0.29, 0.717) is 29.8 Å². The minimum Gasteiger partial charge on any atom is -0.368 e. The van der Waals surface area contributed by atoms with Crippen molar-refractivity contribution in [1.82, 2.24) is 35.1 Å². The molecule has 2 fully saturated rings. The van der Waals surface area contributed by atoms with E-state index in [1.54, 1.807) is 12.3 Å². The molecule has 0 aromatic carbocycles. The molecule has 36 heavy (non-hydrogen) atoms. The molecule has 3 aromatic heterocycles. The quantitative estimate of drug-likeness (QED) is 0.419. The molecule has 10 nitrogen and oxygen atoms in total. The van der Waals surface area contributed by atoms with Crippen LogP contribution in [0.5, 0.6) is 0 Å². The third kappa shape index (κ3) is 6.11. The first-order valence-electron chi connectivity index (χ1n) is 13.2. The summed E-state index contributed by atoms with van der Waals surface area (Å²) >= 11 is 0. The van der Waals surface area contributed by atoms with Gasteiger partial charge in [0.15, 0.2) is 0 Å². The predicted octanol–water partition coefficient (Wildman–Crippen LogP) is 3.19. The Bertz CT molecular complexity index is 1130. The molecule has 2 saturated heterocycles. The number of piperidine rings is 1. The summed E-state index contributed by atoms with van der Waals surface area (Å²) in [5.41, 5.74) is 2.25. The highest BCUT2D eigenvalue weighted by molar-refractivity contribution is 5.97. The van der Waals surface area contributed by atoms with Gasteiger partial charge in [-0.05, 0) is 57.1 Å². The standard InChI is InChI=1S/C26H37N9O/c1-2-3-9-33-12-14-35(15-13-33)21-7-8-23(27-18-21)31-26-28-17-20-16-22(30-24(20)32-26)25(36)29-19-34-10-5-4-6-11-34/h7-8,16-18H,2-6,9-15,19H2,1H3,(H,29,36)(H2,27,28,30,31,32). The third-order valence-corrected chi connectivity index (χ3v) is 7.08. The number of carbonyl (C=O) groups is 1. The van der Waals surface area contributed by atoms with Crippen LogP contribution >= 0.6 is 0 Å².